The van der Waals surface area contributed by atoms with Crippen LogP contribution in [0.1, 0.15) is 5.69 Å². The highest BCUT2D eigenvalue weighted by molar-refractivity contribution is 7.15. The van der Waals surface area contributed by atoms with Crippen LogP contribution in [0.2, 0.25) is 5.15 Å². The van der Waals surface area contributed by atoms with Gasteiger partial charge in [0.1, 0.15) is 0 Å². The van der Waals surface area contributed by atoms with Crippen LogP contribution in [0.3, 0.4) is 0 Å². The zero-order valence-electron chi connectivity index (χ0n) is 7.33. The Morgan fingerprint density at radius 1 is 1.71 bits per heavy atom. The van der Waals surface area contributed by atoms with E-state index >= 15 is 0 Å². The van der Waals surface area contributed by atoms with Crippen molar-refractivity contribution in [3.05, 3.63) is 22.4 Å². The minimum Gasteiger partial charge on any atom is -0.300 e. The summed E-state index contributed by atoms with van der Waals surface area (Å²) in [6.07, 6.45) is 7.08. The van der Waals surface area contributed by atoms with Gasteiger partial charge in [-0.15, -0.1) is 17.8 Å². The summed E-state index contributed by atoms with van der Waals surface area (Å²) in [7, 11) is 0. The zero-order chi connectivity index (χ0) is 9.97. The van der Waals surface area contributed by atoms with Crippen molar-refractivity contribution in [1.82, 2.24) is 14.7 Å². The van der Waals surface area contributed by atoms with Gasteiger partial charge in [-0.3, -0.25) is 4.40 Å². The van der Waals surface area contributed by atoms with Crippen LogP contribution in [0.15, 0.2) is 11.6 Å². The van der Waals surface area contributed by atoms with E-state index in [9.17, 15) is 0 Å². The Morgan fingerprint density at radius 3 is 3.36 bits per heavy atom. The number of nitrogens with zero attached hydrogens (tertiary/aromatic N) is 2. The number of terminal acetylenes is 1. The highest BCUT2D eigenvalue weighted by Crippen LogP contribution is 2.20. The molecule has 0 atom stereocenters. The number of rotatable bonds is 3. The van der Waals surface area contributed by atoms with Crippen molar-refractivity contribution in [3.8, 4) is 12.3 Å². The zero-order valence-corrected chi connectivity index (χ0v) is 8.90. The van der Waals surface area contributed by atoms with Crippen LogP contribution in [0, 0.1) is 12.3 Å². The van der Waals surface area contributed by atoms with E-state index in [4.69, 9.17) is 18.0 Å². The van der Waals surface area contributed by atoms with E-state index in [0.29, 0.717) is 18.2 Å². The summed E-state index contributed by atoms with van der Waals surface area (Å²) in [5, 5.41) is 5.60. The van der Waals surface area contributed by atoms with Gasteiger partial charge in [0.25, 0.3) is 0 Å². The second kappa shape index (κ2) is 4.01. The Labute approximate surface area is 90.7 Å². The number of nitrogens with one attached hydrogen (secondary N) is 1. The number of aromatic nitrogens is 2. The molecule has 0 aliphatic rings. The number of thiazole rings is 1. The second-order valence-corrected chi connectivity index (χ2v) is 3.94. The molecule has 1 N–H and O–H groups in total. The summed E-state index contributed by atoms with van der Waals surface area (Å²) in [5.74, 6) is 2.51. The van der Waals surface area contributed by atoms with Crippen molar-refractivity contribution in [2.45, 2.75) is 6.54 Å². The standard InChI is InChI=1S/C9H8ClN3S/c1-2-3-11-6-7-8(10)12-9-13(7)4-5-14-9/h1,4-5,11H,3,6H2. The third-order valence-corrected chi connectivity index (χ3v) is 2.89. The van der Waals surface area contributed by atoms with E-state index in [1.807, 2.05) is 16.0 Å². The van der Waals surface area contributed by atoms with E-state index in [1.54, 1.807) is 11.3 Å². The second-order valence-electron chi connectivity index (χ2n) is 2.71. The molecule has 5 heteroatoms. The molecule has 0 aromatic carbocycles. The fraction of sp³-hybridized carbons (Fsp3) is 0.222. The Morgan fingerprint density at radius 2 is 2.57 bits per heavy atom. The molecule has 0 aliphatic heterocycles. The third-order valence-electron chi connectivity index (χ3n) is 1.83. The van der Waals surface area contributed by atoms with E-state index in [-0.39, 0.29) is 0 Å². The molecular weight excluding hydrogens is 218 g/mol. The minimum atomic E-state index is 0.535. The molecule has 2 heterocycles. The average molecular weight is 226 g/mol. The topological polar surface area (TPSA) is 29.3 Å². The van der Waals surface area contributed by atoms with Crippen LogP contribution >= 0.6 is 22.9 Å². The van der Waals surface area contributed by atoms with Crippen LogP contribution in [-0.2, 0) is 6.54 Å². The first-order chi connectivity index (χ1) is 6.83. The fourth-order valence-electron chi connectivity index (χ4n) is 1.22. The third kappa shape index (κ3) is 1.62. The maximum Gasteiger partial charge on any atom is 0.195 e. The number of imidazole rings is 1. The molecule has 2 rings (SSSR count). The maximum atomic E-state index is 5.97. The van der Waals surface area contributed by atoms with E-state index in [2.05, 4.69) is 16.2 Å². The summed E-state index contributed by atoms with van der Waals surface area (Å²) in [6, 6.07) is 0. The minimum absolute atomic E-state index is 0.535. The van der Waals surface area contributed by atoms with Crippen molar-refractivity contribution in [2.75, 3.05) is 6.54 Å². The van der Waals surface area contributed by atoms with Crippen LogP contribution in [0.5, 0.6) is 0 Å². The first-order valence-electron chi connectivity index (χ1n) is 4.07. The lowest BCUT2D eigenvalue weighted by molar-refractivity contribution is 0.744. The van der Waals surface area contributed by atoms with Gasteiger partial charge >= 0.3 is 0 Å². The molecule has 2 aromatic heterocycles. The average Bonchev–Trinajstić information content (AvgIpc) is 2.69. The van der Waals surface area contributed by atoms with Gasteiger partial charge < -0.3 is 5.32 Å². The van der Waals surface area contributed by atoms with Gasteiger partial charge in [0.2, 0.25) is 0 Å². The fourth-order valence-corrected chi connectivity index (χ4v) is 2.24. The van der Waals surface area contributed by atoms with Gasteiger partial charge in [0.15, 0.2) is 10.1 Å². The van der Waals surface area contributed by atoms with Crippen molar-refractivity contribution in [1.29, 1.82) is 0 Å². The monoisotopic (exact) mass is 225 g/mol. The highest BCUT2D eigenvalue weighted by Gasteiger charge is 2.09. The summed E-state index contributed by atoms with van der Waals surface area (Å²) < 4.78 is 1.97. The Kier molecular flexibility index (Phi) is 2.73. The molecular formula is C9H8ClN3S. The van der Waals surface area contributed by atoms with Crippen LogP contribution < -0.4 is 5.32 Å². The highest BCUT2D eigenvalue weighted by atomic mass is 35.5. The van der Waals surface area contributed by atoms with Gasteiger partial charge in [-0.25, -0.2) is 4.98 Å². The number of fused-ring (bicyclic) bond motifs is 1. The molecule has 0 bridgehead atoms. The SMILES string of the molecule is C#CCNCc1c(Cl)nc2sccn12. The summed E-state index contributed by atoms with van der Waals surface area (Å²) >= 11 is 7.53. The van der Waals surface area contributed by atoms with Gasteiger partial charge in [-0.2, -0.15) is 0 Å². The molecule has 0 aliphatic carbocycles. The Balaban J connectivity index is 2.26. The predicted molar refractivity (Wildman–Crippen MR) is 58.6 cm³/mol. The van der Waals surface area contributed by atoms with E-state index in [0.717, 1.165) is 10.7 Å². The molecule has 2 aromatic rings. The normalized spacial score (nSPS) is 10.6. The van der Waals surface area contributed by atoms with Gasteiger partial charge in [0, 0.05) is 18.1 Å². The lowest BCUT2D eigenvalue weighted by Crippen LogP contribution is -2.14. The van der Waals surface area contributed by atoms with Crippen molar-refractivity contribution < 1.29 is 0 Å². The first kappa shape index (κ1) is 9.53. The smallest absolute Gasteiger partial charge is 0.195 e. The summed E-state index contributed by atoms with van der Waals surface area (Å²) in [6.45, 7) is 1.18. The van der Waals surface area contributed by atoms with Crippen LogP contribution in [-0.4, -0.2) is 15.9 Å². The lowest BCUT2D eigenvalue weighted by atomic mass is 10.4. The van der Waals surface area contributed by atoms with E-state index in [1.165, 1.54) is 0 Å². The first-order valence-corrected chi connectivity index (χ1v) is 5.33. The summed E-state index contributed by atoms with van der Waals surface area (Å²) in [4.78, 5) is 5.12. The van der Waals surface area contributed by atoms with Crippen molar-refractivity contribution in [3.63, 3.8) is 0 Å². The van der Waals surface area contributed by atoms with Crippen LogP contribution in [0.25, 0.3) is 4.96 Å². The number of hydrogen-bond donors (Lipinski definition) is 1. The molecule has 0 radical (unpaired) electrons. The molecule has 3 nitrogen and oxygen atoms in total. The van der Waals surface area contributed by atoms with E-state index < -0.39 is 0 Å². The maximum absolute atomic E-state index is 5.97. The predicted octanol–water partition coefficient (Wildman–Crippen LogP) is 1.77. The quantitative estimate of drug-likeness (QED) is 0.637. The Bertz CT molecular complexity index is 480. The molecule has 0 fully saturated rings. The van der Waals surface area contributed by atoms with Crippen molar-refractivity contribution in [2.24, 2.45) is 0 Å². The molecule has 72 valence electrons. The number of halogens is 1. The lowest BCUT2D eigenvalue weighted by Gasteiger charge is -1.99. The van der Waals surface area contributed by atoms with Crippen molar-refractivity contribution >= 4 is 27.9 Å². The van der Waals surface area contributed by atoms with Gasteiger partial charge in [0.05, 0.1) is 12.2 Å². The molecule has 0 amide bonds. The van der Waals surface area contributed by atoms with Crippen LogP contribution in [0.4, 0.5) is 0 Å². The largest absolute Gasteiger partial charge is 0.300 e. The molecule has 0 saturated heterocycles. The molecule has 0 unspecified atom stereocenters. The number of hydrogen-bond acceptors (Lipinski definition) is 3. The molecule has 14 heavy (non-hydrogen) atoms. The molecule has 0 spiro atoms. The van der Waals surface area contributed by atoms with Gasteiger partial charge in [-0.1, -0.05) is 17.5 Å². The molecule has 0 saturated carbocycles. The summed E-state index contributed by atoms with van der Waals surface area (Å²) in [5.41, 5.74) is 0.957. The van der Waals surface area contributed by atoms with Gasteiger partial charge in [-0.05, 0) is 0 Å². The Hall–Kier alpha value is -1.02.